The summed E-state index contributed by atoms with van der Waals surface area (Å²) in [6.45, 7) is 3.35. The molecule has 0 bridgehead atoms. The van der Waals surface area contributed by atoms with Gasteiger partial charge in [-0.3, -0.25) is 9.59 Å². The van der Waals surface area contributed by atoms with E-state index in [4.69, 9.17) is 4.74 Å². The average molecular weight is 322 g/mol. The molecule has 7 heteroatoms. The van der Waals surface area contributed by atoms with Gasteiger partial charge in [0.25, 0.3) is 0 Å². The zero-order valence-electron chi connectivity index (χ0n) is 12.4. The summed E-state index contributed by atoms with van der Waals surface area (Å²) in [5.41, 5.74) is 0.995. The molecule has 0 aliphatic carbocycles. The van der Waals surface area contributed by atoms with Gasteiger partial charge < -0.3 is 14.5 Å². The summed E-state index contributed by atoms with van der Waals surface area (Å²) in [7, 11) is 0. The Kier molecular flexibility index (Phi) is 5.71. The second kappa shape index (κ2) is 7.74. The second-order valence-corrected chi connectivity index (χ2v) is 5.51. The molecule has 22 heavy (non-hydrogen) atoms. The number of esters is 1. The molecular weight excluding hydrogens is 304 g/mol. The highest BCUT2D eigenvalue weighted by atomic mass is 32.1. The summed E-state index contributed by atoms with van der Waals surface area (Å²) in [6, 6.07) is 1.93. The normalized spacial score (nSPS) is 15.1. The van der Waals surface area contributed by atoms with Crippen molar-refractivity contribution in [1.29, 1.82) is 0 Å². The van der Waals surface area contributed by atoms with Crippen LogP contribution >= 0.6 is 11.3 Å². The van der Waals surface area contributed by atoms with Gasteiger partial charge in [0, 0.05) is 32.3 Å². The highest BCUT2D eigenvalue weighted by molar-refractivity contribution is 7.08. The van der Waals surface area contributed by atoms with E-state index in [1.807, 2.05) is 16.8 Å². The number of ether oxygens (including phenoxy) is 1. The Morgan fingerprint density at radius 3 is 2.50 bits per heavy atom. The second-order valence-electron chi connectivity index (χ2n) is 4.73. The van der Waals surface area contributed by atoms with Gasteiger partial charge >= 0.3 is 11.9 Å². The van der Waals surface area contributed by atoms with Gasteiger partial charge in [0.2, 0.25) is 5.91 Å². The van der Waals surface area contributed by atoms with Crippen LogP contribution in [0.2, 0.25) is 0 Å². The molecule has 1 saturated heterocycles. The molecular formula is C15H18N2O4S. The van der Waals surface area contributed by atoms with Gasteiger partial charge in [-0.15, -0.1) is 0 Å². The quantitative estimate of drug-likeness (QED) is 0.473. The molecule has 118 valence electrons. The number of hydrogen-bond acceptors (Lipinski definition) is 5. The van der Waals surface area contributed by atoms with Crippen LogP contribution in [0.15, 0.2) is 22.9 Å². The first-order chi connectivity index (χ1) is 10.6. The van der Waals surface area contributed by atoms with Gasteiger partial charge in [-0.25, -0.2) is 4.79 Å². The van der Waals surface area contributed by atoms with Crippen molar-refractivity contribution in [3.63, 3.8) is 0 Å². The minimum absolute atomic E-state index is 0.0885. The first kappa shape index (κ1) is 16.2. The third-order valence-electron chi connectivity index (χ3n) is 3.29. The fourth-order valence-corrected chi connectivity index (χ4v) is 2.72. The lowest BCUT2D eigenvalue weighted by molar-refractivity contribution is -0.161. The van der Waals surface area contributed by atoms with Crippen LogP contribution < -0.4 is 0 Å². The maximum Gasteiger partial charge on any atom is 0.397 e. The SMILES string of the molecule is CCOC(=O)C(=O)N1CCN(C(=O)C=Cc2ccsc2)CC1. The van der Waals surface area contributed by atoms with Crippen molar-refractivity contribution in [1.82, 2.24) is 9.80 Å². The monoisotopic (exact) mass is 322 g/mol. The molecule has 0 N–H and O–H groups in total. The predicted molar refractivity (Wildman–Crippen MR) is 83.1 cm³/mol. The third kappa shape index (κ3) is 4.17. The van der Waals surface area contributed by atoms with Crippen LogP contribution in [0.4, 0.5) is 0 Å². The summed E-state index contributed by atoms with van der Waals surface area (Å²) >= 11 is 1.57. The molecule has 2 rings (SSSR count). The fourth-order valence-electron chi connectivity index (χ4n) is 2.09. The Balaban J connectivity index is 1.82. The number of nitrogens with zero attached hydrogens (tertiary/aromatic N) is 2. The number of carbonyl (C=O) groups excluding carboxylic acids is 3. The van der Waals surface area contributed by atoms with E-state index in [0.29, 0.717) is 26.2 Å². The van der Waals surface area contributed by atoms with Crippen LogP contribution in [-0.2, 0) is 19.1 Å². The molecule has 0 saturated carbocycles. The smallest absolute Gasteiger partial charge is 0.397 e. The van der Waals surface area contributed by atoms with Crippen molar-refractivity contribution in [2.45, 2.75) is 6.92 Å². The third-order valence-corrected chi connectivity index (χ3v) is 3.99. The molecule has 0 aromatic carbocycles. The van der Waals surface area contributed by atoms with Crippen molar-refractivity contribution in [3.8, 4) is 0 Å². The Bertz CT molecular complexity index is 560. The minimum atomic E-state index is -0.834. The van der Waals surface area contributed by atoms with E-state index in [0.717, 1.165) is 5.56 Å². The summed E-state index contributed by atoms with van der Waals surface area (Å²) < 4.78 is 4.69. The van der Waals surface area contributed by atoms with Gasteiger partial charge in [0.1, 0.15) is 0 Å². The zero-order chi connectivity index (χ0) is 15.9. The van der Waals surface area contributed by atoms with E-state index in [9.17, 15) is 14.4 Å². The lowest BCUT2D eigenvalue weighted by Gasteiger charge is -2.33. The van der Waals surface area contributed by atoms with E-state index in [2.05, 4.69) is 0 Å². The Labute approximate surface area is 133 Å². The summed E-state index contributed by atoms with van der Waals surface area (Å²) in [4.78, 5) is 38.3. The Morgan fingerprint density at radius 2 is 1.91 bits per heavy atom. The van der Waals surface area contributed by atoms with Crippen LogP contribution in [0.5, 0.6) is 0 Å². The predicted octanol–water partition coefficient (Wildman–Crippen LogP) is 0.995. The topological polar surface area (TPSA) is 66.9 Å². The number of amides is 2. The molecule has 1 aliphatic heterocycles. The minimum Gasteiger partial charge on any atom is -0.459 e. The molecule has 1 aliphatic rings. The van der Waals surface area contributed by atoms with Crippen molar-refractivity contribution in [3.05, 3.63) is 28.5 Å². The van der Waals surface area contributed by atoms with Crippen LogP contribution in [0.1, 0.15) is 12.5 Å². The number of hydrogen-bond donors (Lipinski definition) is 0. The van der Waals surface area contributed by atoms with Crippen LogP contribution in [0.3, 0.4) is 0 Å². The lowest BCUT2D eigenvalue weighted by atomic mass is 10.2. The molecule has 0 radical (unpaired) electrons. The first-order valence-corrected chi connectivity index (χ1v) is 8.01. The molecule has 2 amide bonds. The van der Waals surface area contributed by atoms with Gasteiger partial charge in [0.15, 0.2) is 0 Å². The largest absolute Gasteiger partial charge is 0.459 e. The fraction of sp³-hybridized carbons (Fsp3) is 0.400. The molecule has 0 spiro atoms. The van der Waals surface area contributed by atoms with Crippen LogP contribution in [0, 0.1) is 0 Å². The number of rotatable bonds is 3. The standard InChI is InChI=1S/C15H18N2O4S/c1-2-21-15(20)14(19)17-8-6-16(7-9-17)13(18)4-3-12-5-10-22-11-12/h3-5,10-11H,2,6-9H2,1H3. The van der Waals surface area contributed by atoms with E-state index in [-0.39, 0.29) is 12.5 Å². The number of piperazine rings is 1. The molecule has 0 atom stereocenters. The van der Waals surface area contributed by atoms with E-state index in [1.54, 1.807) is 29.2 Å². The van der Waals surface area contributed by atoms with Crippen LogP contribution in [-0.4, -0.2) is 60.4 Å². The first-order valence-electron chi connectivity index (χ1n) is 7.07. The summed E-state index contributed by atoms with van der Waals surface area (Å²) in [5.74, 6) is -1.56. The van der Waals surface area contributed by atoms with Gasteiger partial charge in [-0.1, -0.05) is 0 Å². The molecule has 1 aromatic heterocycles. The number of thiophene rings is 1. The molecule has 1 aromatic rings. The van der Waals surface area contributed by atoms with Crippen molar-refractivity contribution in [2.24, 2.45) is 0 Å². The highest BCUT2D eigenvalue weighted by Crippen LogP contribution is 2.09. The Morgan fingerprint density at radius 1 is 1.23 bits per heavy atom. The Hall–Kier alpha value is -2.15. The molecule has 0 unspecified atom stereocenters. The van der Waals surface area contributed by atoms with E-state index >= 15 is 0 Å². The van der Waals surface area contributed by atoms with Crippen molar-refractivity contribution < 1.29 is 19.1 Å². The van der Waals surface area contributed by atoms with Crippen molar-refractivity contribution in [2.75, 3.05) is 32.8 Å². The maximum absolute atomic E-state index is 12.1. The zero-order valence-corrected chi connectivity index (χ0v) is 13.2. The molecule has 2 heterocycles. The highest BCUT2D eigenvalue weighted by Gasteiger charge is 2.27. The van der Waals surface area contributed by atoms with E-state index in [1.165, 1.54) is 11.0 Å². The van der Waals surface area contributed by atoms with Crippen molar-refractivity contribution >= 4 is 35.2 Å². The van der Waals surface area contributed by atoms with Crippen LogP contribution in [0.25, 0.3) is 6.08 Å². The number of carbonyl (C=O) groups is 3. The van der Waals surface area contributed by atoms with Gasteiger partial charge in [0.05, 0.1) is 6.61 Å². The van der Waals surface area contributed by atoms with Gasteiger partial charge in [-0.05, 0) is 35.4 Å². The maximum atomic E-state index is 12.1. The van der Waals surface area contributed by atoms with Gasteiger partial charge in [-0.2, -0.15) is 11.3 Å². The molecule has 6 nitrogen and oxygen atoms in total. The van der Waals surface area contributed by atoms with E-state index < -0.39 is 11.9 Å². The molecule has 1 fully saturated rings. The summed E-state index contributed by atoms with van der Waals surface area (Å²) in [6.07, 6.45) is 3.31. The average Bonchev–Trinajstić information content (AvgIpc) is 3.05. The lowest BCUT2D eigenvalue weighted by Crippen LogP contribution is -2.52. The summed E-state index contributed by atoms with van der Waals surface area (Å²) in [5, 5.41) is 3.91.